The Morgan fingerprint density at radius 3 is 2.93 bits per heavy atom. The molecule has 0 fully saturated rings. The highest BCUT2D eigenvalue weighted by atomic mass is 32.2. The summed E-state index contributed by atoms with van der Waals surface area (Å²) in [5, 5.41) is 8.83. The first kappa shape index (κ1) is 11.9. The van der Waals surface area contributed by atoms with E-state index in [2.05, 4.69) is 6.92 Å². The van der Waals surface area contributed by atoms with Crippen molar-refractivity contribution in [3.8, 4) is 6.07 Å². The van der Waals surface area contributed by atoms with E-state index in [9.17, 15) is 4.79 Å². The van der Waals surface area contributed by atoms with Crippen molar-refractivity contribution < 1.29 is 0 Å². The fourth-order valence-electron chi connectivity index (χ4n) is 1.28. The summed E-state index contributed by atoms with van der Waals surface area (Å²) in [5.74, 6) is 1.95. The molecular weight excluding hydrogens is 208 g/mol. The average Bonchev–Trinajstić information content (AvgIpc) is 2.22. The molecule has 1 heterocycles. The van der Waals surface area contributed by atoms with Crippen LogP contribution in [-0.4, -0.2) is 16.1 Å². The van der Waals surface area contributed by atoms with E-state index in [1.54, 1.807) is 29.4 Å². The van der Waals surface area contributed by atoms with Gasteiger partial charge in [-0.3, -0.25) is 4.79 Å². The summed E-state index contributed by atoms with van der Waals surface area (Å²) in [4.78, 5) is 11.7. The summed E-state index contributed by atoms with van der Waals surface area (Å²) in [6.07, 6.45) is 1.76. The Morgan fingerprint density at radius 1 is 1.60 bits per heavy atom. The van der Waals surface area contributed by atoms with Gasteiger partial charge in [-0.25, -0.2) is 0 Å². The molecule has 0 N–H and O–H groups in total. The van der Waals surface area contributed by atoms with Crippen molar-refractivity contribution in [3.63, 3.8) is 0 Å². The number of thioether (sulfide) groups is 1. The molecule has 4 heteroatoms. The third-order valence-electron chi connectivity index (χ3n) is 2.17. The first-order valence-electron chi connectivity index (χ1n) is 4.88. The fourth-order valence-corrected chi connectivity index (χ4v) is 1.90. The van der Waals surface area contributed by atoms with Crippen molar-refractivity contribution in [2.24, 2.45) is 0 Å². The van der Waals surface area contributed by atoms with E-state index < -0.39 is 0 Å². The quantitative estimate of drug-likeness (QED) is 0.729. The van der Waals surface area contributed by atoms with Gasteiger partial charge in [-0.15, -0.1) is 0 Å². The molecule has 0 saturated carbocycles. The Labute approximate surface area is 93.7 Å². The zero-order valence-corrected chi connectivity index (χ0v) is 9.80. The molecule has 0 radical (unpaired) electrons. The first-order valence-corrected chi connectivity index (χ1v) is 6.04. The third-order valence-corrected chi connectivity index (χ3v) is 3.05. The molecule has 3 nitrogen and oxygen atoms in total. The number of aryl methyl sites for hydroxylation is 2. The summed E-state index contributed by atoms with van der Waals surface area (Å²) in [5.41, 5.74) is 0.843. The molecule has 0 aromatic carbocycles. The fraction of sp³-hybridized carbons (Fsp3) is 0.455. The second-order valence-electron chi connectivity index (χ2n) is 3.18. The molecule has 0 aliphatic heterocycles. The van der Waals surface area contributed by atoms with Crippen molar-refractivity contribution >= 4 is 11.8 Å². The molecule has 0 aliphatic rings. The van der Waals surface area contributed by atoms with E-state index in [0.717, 1.165) is 17.1 Å². The summed E-state index contributed by atoms with van der Waals surface area (Å²) in [6, 6.07) is 3.77. The van der Waals surface area contributed by atoms with Crippen LogP contribution in [0.2, 0.25) is 0 Å². The molecule has 1 rings (SSSR count). The molecule has 0 aliphatic carbocycles. The normalized spacial score (nSPS) is 9.93. The Kier molecular flexibility index (Phi) is 4.44. The molecular formula is C11H14N2OS. The van der Waals surface area contributed by atoms with Gasteiger partial charge in [-0.1, -0.05) is 6.92 Å². The summed E-state index contributed by atoms with van der Waals surface area (Å²) < 4.78 is 1.61. The highest BCUT2D eigenvalue weighted by molar-refractivity contribution is 7.99. The summed E-state index contributed by atoms with van der Waals surface area (Å²) >= 11 is 1.79. The van der Waals surface area contributed by atoms with Crippen LogP contribution in [0.1, 0.15) is 18.1 Å². The highest BCUT2D eigenvalue weighted by Crippen LogP contribution is 2.02. The van der Waals surface area contributed by atoms with Crippen LogP contribution in [0.3, 0.4) is 0 Å². The third kappa shape index (κ3) is 2.87. The predicted molar refractivity (Wildman–Crippen MR) is 63.2 cm³/mol. The van der Waals surface area contributed by atoms with Crippen LogP contribution in [0.25, 0.3) is 0 Å². The molecule has 0 unspecified atom stereocenters. The van der Waals surface area contributed by atoms with Gasteiger partial charge in [0.1, 0.15) is 11.6 Å². The van der Waals surface area contributed by atoms with E-state index in [4.69, 9.17) is 5.26 Å². The van der Waals surface area contributed by atoms with Gasteiger partial charge in [0.25, 0.3) is 5.56 Å². The van der Waals surface area contributed by atoms with Gasteiger partial charge in [-0.05, 0) is 24.3 Å². The molecule has 1 aromatic rings. The van der Waals surface area contributed by atoms with E-state index >= 15 is 0 Å². The van der Waals surface area contributed by atoms with Gasteiger partial charge in [0.15, 0.2) is 0 Å². The van der Waals surface area contributed by atoms with E-state index in [0.29, 0.717) is 6.54 Å². The minimum absolute atomic E-state index is 0.172. The number of hydrogen-bond acceptors (Lipinski definition) is 3. The summed E-state index contributed by atoms with van der Waals surface area (Å²) in [6.45, 7) is 4.54. The Morgan fingerprint density at radius 2 is 2.33 bits per heavy atom. The molecule has 80 valence electrons. The standard InChI is InChI=1S/C11H14N2OS/c1-3-15-7-6-13-5-4-9(2)10(8-12)11(13)14/h4-5H,3,6-7H2,1-2H3. The van der Waals surface area contributed by atoms with Gasteiger partial charge >= 0.3 is 0 Å². The lowest BCUT2D eigenvalue weighted by molar-refractivity contribution is 0.730. The smallest absolute Gasteiger partial charge is 0.268 e. The van der Waals surface area contributed by atoms with Crippen molar-refractivity contribution in [3.05, 3.63) is 33.7 Å². The monoisotopic (exact) mass is 222 g/mol. The lowest BCUT2D eigenvalue weighted by atomic mass is 10.2. The number of aromatic nitrogens is 1. The van der Waals surface area contributed by atoms with Gasteiger partial charge in [0.05, 0.1) is 0 Å². The first-order chi connectivity index (χ1) is 7.20. The predicted octanol–water partition coefficient (Wildman–Crippen LogP) is 1.78. The van der Waals surface area contributed by atoms with Gasteiger partial charge in [0, 0.05) is 18.5 Å². The number of nitriles is 1. The minimum Gasteiger partial charge on any atom is -0.314 e. The lowest BCUT2D eigenvalue weighted by Crippen LogP contribution is -2.23. The zero-order valence-electron chi connectivity index (χ0n) is 8.99. The molecule has 0 saturated heterocycles. The van der Waals surface area contributed by atoms with Crippen LogP contribution in [0.5, 0.6) is 0 Å². The Hall–Kier alpha value is -1.21. The second-order valence-corrected chi connectivity index (χ2v) is 4.57. The topological polar surface area (TPSA) is 45.8 Å². The highest BCUT2D eigenvalue weighted by Gasteiger charge is 2.05. The van der Waals surface area contributed by atoms with E-state index in [1.807, 2.05) is 12.1 Å². The lowest BCUT2D eigenvalue weighted by Gasteiger charge is -2.06. The Bertz CT molecular complexity index is 431. The van der Waals surface area contributed by atoms with Crippen molar-refractivity contribution in [2.45, 2.75) is 20.4 Å². The maximum absolute atomic E-state index is 11.7. The summed E-state index contributed by atoms with van der Waals surface area (Å²) in [7, 11) is 0. The number of nitrogens with zero attached hydrogens (tertiary/aromatic N) is 2. The van der Waals surface area contributed by atoms with Gasteiger partial charge in [0.2, 0.25) is 0 Å². The number of hydrogen-bond donors (Lipinski definition) is 0. The number of pyridine rings is 1. The number of rotatable bonds is 4. The molecule has 0 atom stereocenters. The molecule has 0 spiro atoms. The van der Waals surface area contributed by atoms with Crippen LogP contribution in [0.4, 0.5) is 0 Å². The zero-order chi connectivity index (χ0) is 11.3. The molecule has 0 amide bonds. The van der Waals surface area contributed by atoms with E-state index in [1.165, 1.54) is 0 Å². The van der Waals surface area contributed by atoms with Crippen molar-refractivity contribution in [1.82, 2.24) is 4.57 Å². The molecule has 0 bridgehead atoms. The van der Waals surface area contributed by atoms with Gasteiger partial charge < -0.3 is 4.57 Å². The van der Waals surface area contributed by atoms with Crippen LogP contribution >= 0.6 is 11.8 Å². The van der Waals surface area contributed by atoms with Crippen molar-refractivity contribution in [1.29, 1.82) is 5.26 Å². The maximum atomic E-state index is 11.7. The Balaban J connectivity index is 2.92. The van der Waals surface area contributed by atoms with Crippen LogP contribution in [0, 0.1) is 18.3 Å². The van der Waals surface area contributed by atoms with E-state index in [-0.39, 0.29) is 11.1 Å². The van der Waals surface area contributed by atoms with Crippen LogP contribution < -0.4 is 5.56 Å². The second kappa shape index (κ2) is 5.62. The van der Waals surface area contributed by atoms with Crippen LogP contribution in [0.15, 0.2) is 17.1 Å². The molecule has 1 aromatic heterocycles. The van der Waals surface area contributed by atoms with Gasteiger partial charge in [-0.2, -0.15) is 17.0 Å². The van der Waals surface area contributed by atoms with Crippen molar-refractivity contribution in [2.75, 3.05) is 11.5 Å². The SMILES string of the molecule is CCSCCn1ccc(C)c(C#N)c1=O. The largest absolute Gasteiger partial charge is 0.314 e. The molecule has 15 heavy (non-hydrogen) atoms. The average molecular weight is 222 g/mol. The van der Waals surface area contributed by atoms with Crippen LogP contribution in [-0.2, 0) is 6.54 Å². The minimum atomic E-state index is -0.172. The maximum Gasteiger partial charge on any atom is 0.268 e.